The van der Waals surface area contributed by atoms with E-state index in [1.54, 1.807) is 16.4 Å². The predicted molar refractivity (Wildman–Crippen MR) is 86.4 cm³/mol. The quantitative estimate of drug-likeness (QED) is 0.811. The average Bonchev–Trinajstić information content (AvgIpc) is 3.09. The van der Waals surface area contributed by atoms with E-state index in [0.29, 0.717) is 31.3 Å². The topological polar surface area (TPSA) is 71.5 Å². The molecule has 0 bridgehead atoms. The van der Waals surface area contributed by atoms with Crippen LogP contribution in [0.3, 0.4) is 0 Å². The zero-order valence-electron chi connectivity index (χ0n) is 12.9. The molecule has 1 saturated carbocycles. The van der Waals surface area contributed by atoms with Crippen LogP contribution in [0.1, 0.15) is 31.2 Å². The molecule has 1 aromatic carbocycles. The van der Waals surface area contributed by atoms with E-state index >= 15 is 0 Å². The minimum Gasteiger partial charge on any atom is -0.224 e. The summed E-state index contributed by atoms with van der Waals surface area (Å²) in [5.74, 6) is 1.02. The maximum atomic E-state index is 12.9. The molecule has 2 aliphatic heterocycles. The lowest BCUT2D eigenvalue weighted by Crippen LogP contribution is -2.29. The van der Waals surface area contributed by atoms with E-state index in [4.69, 9.17) is 0 Å². The van der Waals surface area contributed by atoms with E-state index in [-0.39, 0.29) is 15.5 Å². The highest BCUT2D eigenvalue weighted by Crippen LogP contribution is 2.39. The normalized spacial score (nSPS) is 30.1. The largest absolute Gasteiger partial charge is 0.243 e. The standard InChI is InChI=1S/C16H21NO4S2/c18-22(19)8-7-12-5-6-15(9-16(12)22)23(20,21)17-10-13-3-1-2-4-14(13)11-17/h5-6,9,13-14H,1-4,7-8,10-11H2. The van der Waals surface area contributed by atoms with Crippen LogP contribution in [-0.2, 0) is 26.3 Å². The van der Waals surface area contributed by atoms with Crippen LogP contribution in [0.15, 0.2) is 28.0 Å². The van der Waals surface area contributed by atoms with Gasteiger partial charge in [-0.25, -0.2) is 16.8 Å². The zero-order valence-corrected chi connectivity index (χ0v) is 14.6. The second-order valence-corrected chi connectivity index (χ2v) is 11.0. The van der Waals surface area contributed by atoms with Gasteiger partial charge in [0.1, 0.15) is 0 Å². The maximum absolute atomic E-state index is 12.9. The van der Waals surface area contributed by atoms with Crippen LogP contribution in [0.2, 0.25) is 0 Å². The minimum absolute atomic E-state index is 0.0830. The number of nitrogens with zero attached hydrogens (tertiary/aromatic N) is 1. The Balaban J connectivity index is 1.68. The van der Waals surface area contributed by atoms with Gasteiger partial charge in [0.2, 0.25) is 10.0 Å². The molecule has 0 spiro atoms. The highest BCUT2D eigenvalue weighted by molar-refractivity contribution is 7.92. The molecule has 0 aromatic heterocycles. The smallest absolute Gasteiger partial charge is 0.224 e. The van der Waals surface area contributed by atoms with Crippen molar-refractivity contribution in [2.75, 3.05) is 18.8 Å². The molecule has 7 heteroatoms. The number of sulfone groups is 1. The molecule has 126 valence electrons. The van der Waals surface area contributed by atoms with E-state index < -0.39 is 19.9 Å². The van der Waals surface area contributed by atoms with Crippen molar-refractivity contribution in [3.8, 4) is 0 Å². The van der Waals surface area contributed by atoms with Crippen LogP contribution in [0.4, 0.5) is 0 Å². The Morgan fingerprint density at radius 1 is 1.04 bits per heavy atom. The third kappa shape index (κ3) is 2.53. The molecular weight excluding hydrogens is 334 g/mol. The number of rotatable bonds is 2. The first-order chi connectivity index (χ1) is 10.9. The van der Waals surface area contributed by atoms with Crippen LogP contribution in [-0.4, -0.2) is 40.0 Å². The first kappa shape index (κ1) is 15.6. The van der Waals surface area contributed by atoms with Gasteiger partial charge in [-0.3, -0.25) is 0 Å². The van der Waals surface area contributed by atoms with Crippen molar-refractivity contribution in [3.63, 3.8) is 0 Å². The lowest BCUT2D eigenvalue weighted by atomic mass is 9.82. The number of hydrogen-bond acceptors (Lipinski definition) is 4. The van der Waals surface area contributed by atoms with Gasteiger partial charge in [-0.1, -0.05) is 18.9 Å². The molecule has 23 heavy (non-hydrogen) atoms. The molecule has 2 fully saturated rings. The Morgan fingerprint density at radius 3 is 2.35 bits per heavy atom. The Bertz CT molecular complexity index is 831. The van der Waals surface area contributed by atoms with Crippen LogP contribution < -0.4 is 0 Å². The van der Waals surface area contributed by atoms with Crippen molar-refractivity contribution in [2.45, 2.75) is 41.9 Å². The summed E-state index contributed by atoms with van der Waals surface area (Å²) in [5.41, 5.74) is 0.735. The third-order valence-electron chi connectivity index (χ3n) is 5.59. The lowest BCUT2D eigenvalue weighted by molar-refractivity contribution is 0.299. The van der Waals surface area contributed by atoms with E-state index in [1.165, 1.54) is 18.9 Å². The van der Waals surface area contributed by atoms with E-state index in [9.17, 15) is 16.8 Å². The number of fused-ring (bicyclic) bond motifs is 2. The third-order valence-corrected chi connectivity index (χ3v) is 9.21. The van der Waals surface area contributed by atoms with Crippen LogP contribution in [0.5, 0.6) is 0 Å². The summed E-state index contributed by atoms with van der Waals surface area (Å²) in [6, 6.07) is 4.60. The maximum Gasteiger partial charge on any atom is 0.243 e. The second-order valence-electron chi connectivity index (χ2n) is 6.97. The lowest BCUT2D eigenvalue weighted by Gasteiger charge is -2.22. The van der Waals surface area contributed by atoms with Crippen LogP contribution in [0.25, 0.3) is 0 Å². The van der Waals surface area contributed by atoms with Crippen molar-refractivity contribution in [2.24, 2.45) is 11.8 Å². The highest BCUT2D eigenvalue weighted by atomic mass is 32.2. The first-order valence-electron chi connectivity index (χ1n) is 8.24. The summed E-state index contributed by atoms with van der Waals surface area (Å²) in [4.78, 5) is 0.329. The molecule has 0 radical (unpaired) electrons. The van der Waals surface area contributed by atoms with Crippen LogP contribution >= 0.6 is 0 Å². The molecule has 3 aliphatic rings. The fourth-order valence-electron chi connectivity index (χ4n) is 4.25. The monoisotopic (exact) mass is 355 g/mol. The van der Waals surface area contributed by atoms with Crippen LogP contribution in [0, 0.1) is 11.8 Å². The van der Waals surface area contributed by atoms with E-state index in [0.717, 1.165) is 18.4 Å². The minimum atomic E-state index is -3.60. The van der Waals surface area contributed by atoms with Crippen molar-refractivity contribution >= 4 is 19.9 Å². The molecule has 2 unspecified atom stereocenters. The molecule has 5 nitrogen and oxygen atoms in total. The average molecular weight is 355 g/mol. The van der Waals surface area contributed by atoms with Gasteiger partial charge >= 0.3 is 0 Å². The van der Waals surface area contributed by atoms with Gasteiger partial charge in [-0.15, -0.1) is 0 Å². The molecule has 4 rings (SSSR count). The van der Waals surface area contributed by atoms with E-state index in [1.807, 2.05) is 0 Å². The SMILES string of the molecule is O=S1(=O)CCc2ccc(S(=O)(=O)N3CC4CCCCC4C3)cc21. The molecule has 0 N–H and O–H groups in total. The number of hydrogen-bond donors (Lipinski definition) is 0. The molecule has 0 amide bonds. The van der Waals surface area contributed by atoms with Gasteiger partial charge in [0.25, 0.3) is 0 Å². The predicted octanol–water partition coefficient (Wildman–Crippen LogP) is 1.83. The summed E-state index contributed by atoms with van der Waals surface area (Å²) < 4.78 is 51.5. The van der Waals surface area contributed by atoms with Crippen molar-refractivity contribution in [1.29, 1.82) is 0 Å². The number of aryl methyl sites for hydroxylation is 1. The molecular formula is C16H21NO4S2. The second kappa shape index (κ2) is 5.29. The summed E-state index contributed by atoms with van der Waals surface area (Å²) >= 11 is 0. The van der Waals surface area contributed by atoms with Gasteiger partial charge in [-0.2, -0.15) is 4.31 Å². The van der Waals surface area contributed by atoms with Gasteiger partial charge in [-0.05, 0) is 48.8 Å². The van der Waals surface area contributed by atoms with Crippen molar-refractivity contribution < 1.29 is 16.8 Å². The summed E-state index contributed by atoms with van der Waals surface area (Å²) in [7, 11) is -6.92. The van der Waals surface area contributed by atoms with Crippen molar-refractivity contribution in [3.05, 3.63) is 23.8 Å². The van der Waals surface area contributed by atoms with Gasteiger partial charge in [0.15, 0.2) is 9.84 Å². The van der Waals surface area contributed by atoms with Crippen molar-refractivity contribution in [1.82, 2.24) is 4.31 Å². The highest BCUT2D eigenvalue weighted by Gasteiger charge is 2.40. The molecule has 2 heterocycles. The summed E-state index contributed by atoms with van der Waals surface area (Å²) in [6.45, 7) is 1.16. The summed E-state index contributed by atoms with van der Waals surface area (Å²) in [5, 5.41) is 0. The fraction of sp³-hybridized carbons (Fsp3) is 0.625. The van der Waals surface area contributed by atoms with Gasteiger partial charge in [0.05, 0.1) is 15.5 Å². The van der Waals surface area contributed by atoms with Gasteiger partial charge in [0, 0.05) is 13.1 Å². The Hall–Kier alpha value is -0.920. The Kier molecular flexibility index (Phi) is 3.59. The first-order valence-corrected chi connectivity index (χ1v) is 11.3. The Labute approximate surface area is 137 Å². The number of sulfonamides is 1. The summed E-state index contributed by atoms with van der Waals surface area (Å²) in [6.07, 6.45) is 5.06. The molecule has 2 atom stereocenters. The molecule has 1 saturated heterocycles. The molecule has 1 aliphatic carbocycles. The molecule has 1 aromatic rings. The fourth-order valence-corrected chi connectivity index (χ4v) is 7.49. The van der Waals surface area contributed by atoms with E-state index in [2.05, 4.69) is 0 Å². The van der Waals surface area contributed by atoms with Gasteiger partial charge < -0.3 is 0 Å². The zero-order chi connectivity index (χ0) is 16.2. The Morgan fingerprint density at radius 2 is 1.70 bits per heavy atom. The number of benzene rings is 1.